The van der Waals surface area contributed by atoms with Crippen LogP contribution >= 0.6 is 0 Å². The molecule has 19 heavy (non-hydrogen) atoms. The number of hydrogen-bond acceptors (Lipinski definition) is 5. The van der Waals surface area contributed by atoms with Gasteiger partial charge in [0, 0.05) is 43.6 Å². The Morgan fingerprint density at radius 3 is 3.05 bits per heavy atom. The van der Waals surface area contributed by atoms with E-state index in [4.69, 9.17) is 19.9 Å². The minimum absolute atomic E-state index is 0.317. The molecule has 5 heteroatoms. The van der Waals surface area contributed by atoms with Gasteiger partial charge in [0.2, 0.25) is 0 Å². The van der Waals surface area contributed by atoms with Gasteiger partial charge in [0.1, 0.15) is 5.75 Å². The predicted octanol–water partition coefficient (Wildman–Crippen LogP) is 1.60. The van der Waals surface area contributed by atoms with E-state index in [9.17, 15) is 0 Å². The van der Waals surface area contributed by atoms with Crippen molar-refractivity contribution < 1.29 is 14.2 Å². The number of anilines is 1. The molecule has 0 saturated heterocycles. The number of benzene rings is 1. The standard InChI is InChI=1S/C14H22N2O3/c1-16(4-3-5-17-2)8-11-6-13(15)7-12-9-18-10-19-14(11)12/h6-7H,3-5,8-10,15H2,1-2H3. The summed E-state index contributed by atoms with van der Waals surface area (Å²) in [5.74, 6) is 0.930. The van der Waals surface area contributed by atoms with Crippen LogP contribution < -0.4 is 10.5 Å². The van der Waals surface area contributed by atoms with Crippen molar-refractivity contribution in [1.29, 1.82) is 0 Å². The van der Waals surface area contributed by atoms with Crippen molar-refractivity contribution in [3.8, 4) is 5.75 Å². The maximum atomic E-state index is 5.93. The van der Waals surface area contributed by atoms with Gasteiger partial charge < -0.3 is 24.8 Å². The van der Waals surface area contributed by atoms with E-state index in [1.165, 1.54) is 0 Å². The van der Waals surface area contributed by atoms with Gasteiger partial charge in [-0.05, 0) is 25.6 Å². The summed E-state index contributed by atoms with van der Waals surface area (Å²) < 4.78 is 16.0. The molecule has 0 unspecified atom stereocenters. The molecule has 0 aliphatic carbocycles. The van der Waals surface area contributed by atoms with Gasteiger partial charge >= 0.3 is 0 Å². The van der Waals surface area contributed by atoms with Gasteiger partial charge in [-0.1, -0.05) is 0 Å². The Kier molecular flexibility index (Phi) is 5.01. The topological polar surface area (TPSA) is 57.0 Å². The summed E-state index contributed by atoms with van der Waals surface area (Å²) in [7, 11) is 3.81. The summed E-state index contributed by atoms with van der Waals surface area (Å²) in [6, 6.07) is 3.90. The molecule has 5 nitrogen and oxygen atoms in total. The Morgan fingerprint density at radius 1 is 1.42 bits per heavy atom. The lowest BCUT2D eigenvalue weighted by Crippen LogP contribution is -2.22. The number of ether oxygens (including phenoxy) is 3. The molecule has 0 amide bonds. The van der Waals surface area contributed by atoms with E-state index in [0.717, 1.165) is 48.7 Å². The number of hydrogen-bond donors (Lipinski definition) is 1. The van der Waals surface area contributed by atoms with Crippen molar-refractivity contribution in [2.45, 2.75) is 19.6 Å². The van der Waals surface area contributed by atoms with Crippen LogP contribution in [0.5, 0.6) is 5.75 Å². The third kappa shape index (κ3) is 3.83. The van der Waals surface area contributed by atoms with Crippen molar-refractivity contribution in [1.82, 2.24) is 4.90 Å². The zero-order chi connectivity index (χ0) is 13.7. The molecule has 2 N–H and O–H groups in total. The molecule has 0 spiro atoms. The lowest BCUT2D eigenvalue weighted by Gasteiger charge is -2.24. The van der Waals surface area contributed by atoms with Gasteiger partial charge in [0.15, 0.2) is 6.79 Å². The first kappa shape index (κ1) is 14.1. The number of nitrogen functional groups attached to an aromatic ring is 1. The Hall–Kier alpha value is -1.30. The molecule has 106 valence electrons. The van der Waals surface area contributed by atoms with Gasteiger partial charge in [0.05, 0.1) is 6.61 Å². The monoisotopic (exact) mass is 266 g/mol. The summed E-state index contributed by atoms with van der Waals surface area (Å²) in [5, 5.41) is 0. The Labute approximate surface area is 114 Å². The van der Waals surface area contributed by atoms with Crippen molar-refractivity contribution in [2.75, 3.05) is 39.8 Å². The van der Waals surface area contributed by atoms with Crippen LogP contribution in [-0.4, -0.2) is 39.0 Å². The van der Waals surface area contributed by atoms with E-state index in [0.29, 0.717) is 13.4 Å². The first-order chi connectivity index (χ1) is 9.20. The Morgan fingerprint density at radius 2 is 2.26 bits per heavy atom. The smallest absolute Gasteiger partial charge is 0.189 e. The first-order valence-corrected chi connectivity index (χ1v) is 6.50. The van der Waals surface area contributed by atoms with Crippen LogP contribution in [0.3, 0.4) is 0 Å². The molecule has 0 aromatic heterocycles. The van der Waals surface area contributed by atoms with Crippen LogP contribution in [0.25, 0.3) is 0 Å². The van der Waals surface area contributed by atoms with E-state index in [2.05, 4.69) is 11.9 Å². The Bertz CT molecular complexity index is 423. The number of nitrogens with two attached hydrogens (primary N) is 1. The molecule has 0 saturated carbocycles. The van der Waals surface area contributed by atoms with Crippen LogP contribution in [0, 0.1) is 0 Å². The van der Waals surface area contributed by atoms with Crippen molar-refractivity contribution >= 4 is 5.69 Å². The van der Waals surface area contributed by atoms with Crippen LogP contribution in [0.4, 0.5) is 5.69 Å². The average molecular weight is 266 g/mol. The summed E-state index contributed by atoms with van der Waals surface area (Å²) >= 11 is 0. The zero-order valence-electron chi connectivity index (χ0n) is 11.6. The van der Waals surface area contributed by atoms with Crippen LogP contribution in [-0.2, 0) is 22.6 Å². The third-order valence-electron chi connectivity index (χ3n) is 3.14. The molecule has 0 bridgehead atoms. The van der Waals surface area contributed by atoms with Crippen LogP contribution in [0.15, 0.2) is 12.1 Å². The van der Waals surface area contributed by atoms with Gasteiger partial charge in [0.25, 0.3) is 0 Å². The highest BCUT2D eigenvalue weighted by Gasteiger charge is 2.17. The fraction of sp³-hybridized carbons (Fsp3) is 0.571. The molecular formula is C14H22N2O3. The number of fused-ring (bicyclic) bond motifs is 1. The van der Waals surface area contributed by atoms with Gasteiger partial charge in [-0.15, -0.1) is 0 Å². The average Bonchev–Trinajstić information content (AvgIpc) is 2.39. The lowest BCUT2D eigenvalue weighted by molar-refractivity contribution is -0.0173. The van der Waals surface area contributed by atoms with Gasteiger partial charge in [-0.2, -0.15) is 0 Å². The second-order valence-corrected chi connectivity index (χ2v) is 4.86. The second-order valence-electron chi connectivity index (χ2n) is 4.86. The SMILES string of the molecule is COCCCN(C)Cc1cc(N)cc2c1OCOC2. The number of nitrogens with zero attached hydrogens (tertiary/aromatic N) is 1. The lowest BCUT2D eigenvalue weighted by atomic mass is 10.1. The summed E-state index contributed by atoms with van der Waals surface area (Å²) in [6.45, 7) is 3.47. The first-order valence-electron chi connectivity index (χ1n) is 6.50. The highest BCUT2D eigenvalue weighted by molar-refractivity contribution is 5.53. The third-order valence-corrected chi connectivity index (χ3v) is 3.14. The van der Waals surface area contributed by atoms with E-state index in [1.54, 1.807) is 7.11 Å². The molecule has 1 aromatic rings. The maximum absolute atomic E-state index is 5.93. The van der Waals surface area contributed by atoms with E-state index < -0.39 is 0 Å². The molecule has 1 aliphatic heterocycles. The van der Waals surface area contributed by atoms with E-state index in [-0.39, 0.29) is 0 Å². The largest absolute Gasteiger partial charge is 0.467 e. The predicted molar refractivity (Wildman–Crippen MR) is 74.0 cm³/mol. The number of methoxy groups -OCH3 is 1. The highest BCUT2D eigenvalue weighted by Crippen LogP contribution is 2.31. The zero-order valence-corrected chi connectivity index (χ0v) is 11.6. The fourth-order valence-electron chi connectivity index (χ4n) is 2.29. The molecule has 2 rings (SSSR count). The van der Waals surface area contributed by atoms with E-state index >= 15 is 0 Å². The fourth-order valence-corrected chi connectivity index (χ4v) is 2.29. The summed E-state index contributed by atoms with van der Waals surface area (Å²) in [6.07, 6.45) is 1.02. The molecule has 1 heterocycles. The van der Waals surface area contributed by atoms with Crippen molar-refractivity contribution in [3.63, 3.8) is 0 Å². The summed E-state index contributed by atoms with van der Waals surface area (Å²) in [4.78, 5) is 2.24. The highest BCUT2D eigenvalue weighted by atomic mass is 16.7. The molecule has 0 fully saturated rings. The second kappa shape index (κ2) is 6.75. The van der Waals surface area contributed by atoms with Crippen molar-refractivity contribution in [3.05, 3.63) is 23.3 Å². The molecule has 1 aliphatic rings. The number of rotatable bonds is 6. The van der Waals surface area contributed by atoms with Gasteiger partial charge in [-0.25, -0.2) is 0 Å². The van der Waals surface area contributed by atoms with Crippen LogP contribution in [0.1, 0.15) is 17.5 Å². The van der Waals surface area contributed by atoms with Crippen LogP contribution in [0.2, 0.25) is 0 Å². The quantitative estimate of drug-likeness (QED) is 0.626. The van der Waals surface area contributed by atoms with Gasteiger partial charge in [-0.3, -0.25) is 0 Å². The van der Waals surface area contributed by atoms with E-state index in [1.807, 2.05) is 12.1 Å². The molecular weight excluding hydrogens is 244 g/mol. The maximum Gasteiger partial charge on any atom is 0.189 e. The summed E-state index contributed by atoms with van der Waals surface area (Å²) in [5.41, 5.74) is 8.85. The Balaban J connectivity index is 2.04. The molecule has 1 aromatic carbocycles. The molecule has 0 radical (unpaired) electrons. The van der Waals surface area contributed by atoms with Crippen molar-refractivity contribution in [2.24, 2.45) is 0 Å². The normalized spacial score (nSPS) is 14.3. The minimum atomic E-state index is 0.317. The minimum Gasteiger partial charge on any atom is -0.467 e. The molecule has 0 atom stereocenters.